The summed E-state index contributed by atoms with van der Waals surface area (Å²) < 4.78 is 0. The van der Waals surface area contributed by atoms with E-state index in [-0.39, 0.29) is 5.91 Å². The standard InChI is InChI=1S/C23H32N6O/c1-19-6-3-7-20(16-19)27-12-14-28(15-13-27)23(30)18-26(2)17-21-8-5-11-29(21)22-9-4-10-24-25-22/h3-4,6-7,9-10,16,21H,5,8,11-15,17-18H2,1-2H3. The van der Waals surface area contributed by atoms with Gasteiger partial charge < -0.3 is 14.7 Å². The van der Waals surface area contributed by atoms with Crippen LogP contribution in [-0.4, -0.2) is 84.8 Å². The average Bonchev–Trinajstić information content (AvgIpc) is 3.22. The molecule has 2 saturated heterocycles. The Hall–Kier alpha value is -2.67. The van der Waals surface area contributed by atoms with Crippen LogP contribution >= 0.6 is 0 Å². The van der Waals surface area contributed by atoms with Crippen LogP contribution in [0.2, 0.25) is 0 Å². The van der Waals surface area contributed by atoms with Crippen LogP contribution in [0, 0.1) is 6.92 Å². The first-order valence-corrected chi connectivity index (χ1v) is 10.9. The minimum atomic E-state index is 0.227. The van der Waals surface area contributed by atoms with E-state index in [4.69, 9.17) is 0 Å². The van der Waals surface area contributed by atoms with Crippen molar-refractivity contribution in [1.29, 1.82) is 0 Å². The number of amides is 1. The van der Waals surface area contributed by atoms with Crippen molar-refractivity contribution in [1.82, 2.24) is 20.0 Å². The molecule has 1 aromatic heterocycles. The lowest BCUT2D eigenvalue weighted by molar-refractivity contribution is -0.132. The van der Waals surface area contributed by atoms with Gasteiger partial charge in [0.05, 0.1) is 6.54 Å². The predicted molar refractivity (Wildman–Crippen MR) is 120 cm³/mol. The summed E-state index contributed by atoms with van der Waals surface area (Å²) in [6.45, 7) is 7.82. The van der Waals surface area contributed by atoms with Crippen LogP contribution in [0.5, 0.6) is 0 Å². The van der Waals surface area contributed by atoms with Gasteiger partial charge in [0.25, 0.3) is 0 Å². The predicted octanol–water partition coefficient (Wildman–Crippen LogP) is 2.03. The zero-order valence-electron chi connectivity index (χ0n) is 18.1. The third kappa shape index (κ3) is 4.90. The Balaban J connectivity index is 1.26. The summed E-state index contributed by atoms with van der Waals surface area (Å²) in [5.41, 5.74) is 2.53. The maximum absolute atomic E-state index is 12.9. The number of hydrogen-bond donors (Lipinski definition) is 0. The van der Waals surface area contributed by atoms with Crippen LogP contribution < -0.4 is 9.80 Å². The first kappa shape index (κ1) is 20.6. The first-order valence-electron chi connectivity index (χ1n) is 10.9. The minimum Gasteiger partial charge on any atom is -0.368 e. The van der Waals surface area contributed by atoms with Crippen LogP contribution in [0.4, 0.5) is 11.5 Å². The molecule has 160 valence electrons. The van der Waals surface area contributed by atoms with E-state index in [2.05, 4.69) is 56.1 Å². The van der Waals surface area contributed by atoms with Crippen molar-refractivity contribution < 1.29 is 4.79 Å². The zero-order valence-corrected chi connectivity index (χ0v) is 18.1. The van der Waals surface area contributed by atoms with E-state index >= 15 is 0 Å². The van der Waals surface area contributed by atoms with Gasteiger partial charge in [-0.05, 0) is 56.6 Å². The van der Waals surface area contributed by atoms with Gasteiger partial charge in [-0.15, -0.1) is 5.10 Å². The van der Waals surface area contributed by atoms with Crippen LogP contribution in [-0.2, 0) is 4.79 Å². The van der Waals surface area contributed by atoms with Crippen molar-refractivity contribution in [3.05, 3.63) is 48.2 Å². The van der Waals surface area contributed by atoms with Gasteiger partial charge in [0.15, 0.2) is 5.82 Å². The Labute approximate surface area is 179 Å². The van der Waals surface area contributed by atoms with E-state index in [1.165, 1.54) is 11.3 Å². The lowest BCUT2D eigenvalue weighted by Crippen LogP contribution is -2.51. The Morgan fingerprint density at radius 2 is 1.97 bits per heavy atom. The fourth-order valence-electron chi connectivity index (χ4n) is 4.57. The molecule has 1 unspecified atom stereocenters. The number of piperazine rings is 1. The van der Waals surface area contributed by atoms with E-state index in [1.807, 2.05) is 24.1 Å². The number of aryl methyl sites for hydroxylation is 1. The van der Waals surface area contributed by atoms with E-state index in [9.17, 15) is 4.79 Å². The highest BCUT2D eigenvalue weighted by atomic mass is 16.2. The number of hydrogen-bond acceptors (Lipinski definition) is 6. The van der Waals surface area contributed by atoms with Gasteiger partial charge in [-0.3, -0.25) is 9.69 Å². The second kappa shape index (κ2) is 9.43. The molecular weight excluding hydrogens is 376 g/mol. The summed E-state index contributed by atoms with van der Waals surface area (Å²) in [5, 5.41) is 8.28. The highest BCUT2D eigenvalue weighted by Gasteiger charge is 2.28. The zero-order chi connectivity index (χ0) is 20.9. The van der Waals surface area contributed by atoms with Crippen LogP contribution in [0.25, 0.3) is 0 Å². The van der Waals surface area contributed by atoms with Gasteiger partial charge in [0, 0.05) is 57.2 Å². The highest BCUT2D eigenvalue weighted by molar-refractivity contribution is 5.78. The molecule has 0 spiro atoms. The van der Waals surface area contributed by atoms with Crippen molar-refractivity contribution in [3.63, 3.8) is 0 Å². The molecular formula is C23H32N6O. The first-order chi connectivity index (χ1) is 14.6. The molecule has 0 N–H and O–H groups in total. The van der Waals surface area contributed by atoms with Gasteiger partial charge in [-0.1, -0.05) is 12.1 Å². The van der Waals surface area contributed by atoms with Crippen LogP contribution in [0.1, 0.15) is 18.4 Å². The molecule has 7 heteroatoms. The fraction of sp³-hybridized carbons (Fsp3) is 0.522. The van der Waals surface area contributed by atoms with Crippen LogP contribution in [0.15, 0.2) is 42.6 Å². The number of carbonyl (C=O) groups excluding carboxylic acids is 1. The van der Waals surface area contributed by atoms with Gasteiger partial charge in [-0.25, -0.2) is 0 Å². The third-order valence-electron chi connectivity index (χ3n) is 6.16. The molecule has 0 radical (unpaired) electrons. The number of anilines is 2. The van der Waals surface area contributed by atoms with Gasteiger partial charge >= 0.3 is 0 Å². The molecule has 2 aliphatic rings. The van der Waals surface area contributed by atoms with Crippen molar-refractivity contribution in [3.8, 4) is 0 Å². The number of rotatable bonds is 6. The molecule has 30 heavy (non-hydrogen) atoms. The third-order valence-corrected chi connectivity index (χ3v) is 6.16. The number of carbonyl (C=O) groups is 1. The molecule has 0 bridgehead atoms. The maximum Gasteiger partial charge on any atom is 0.236 e. The summed E-state index contributed by atoms with van der Waals surface area (Å²) in [5.74, 6) is 1.16. The van der Waals surface area contributed by atoms with Crippen molar-refractivity contribution in [2.75, 3.05) is 62.7 Å². The fourth-order valence-corrected chi connectivity index (χ4v) is 4.57. The Kier molecular flexibility index (Phi) is 6.47. The monoisotopic (exact) mass is 408 g/mol. The van der Waals surface area contributed by atoms with Crippen LogP contribution in [0.3, 0.4) is 0 Å². The maximum atomic E-state index is 12.9. The molecule has 1 atom stereocenters. The Morgan fingerprint density at radius 1 is 1.13 bits per heavy atom. The molecule has 3 heterocycles. The molecule has 1 amide bonds. The SMILES string of the molecule is Cc1cccc(N2CCN(C(=O)CN(C)CC3CCCN3c3cccnn3)CC2)c1. The second-order valence-electron chi connectivity index (χ2n) is 8.47. The highest BCUT2D eigenvalue weighted by Crippen LogP contribution is 2.23. The number of benzene rings is 1. The quantitative estimate of drug-likeness (QED) is 0.729. The molecule has 1 aromatic carbocycles. The summed E-state index contributed by atoms with van der Waals surface area (Å²) in [4.78, 5) is 21.7. The smallest absolute Gasteiger partial charge is 0.236 e. The van der Waals surface area contributed by atoms with Crippen molar-refractivity contribution in [2.45, 2.75) is 25.8 Å². The average molecular weight is 409 g/mol. The van der Waals surface area contributed by atoms with E-state index in [1.54, 1.807) is 6.20 Å². The lowest BCUT2D eigenvalue weighted by Gasteiger charge is -2.37. The van der Waals surface area contributed by atoms with Gasteiger partial charge in [0.1, 0.15) is 0 Å². The molecule has 7 nitrogen and oxygen atoms in total. The molecule has 2 fully saturated rings. The van der Waals surface area contributed by atoms with Crippen molar-refractivity contribution in [2.24, 2.45) is 0 Å². The summed E-state index contributed by atoms with van der Waals surface area (Å²) in [7, 11) is 2.05. The molecule has 0 aliphatic carbocycles. The molecule has 2 aromatic rings. The Bertz CT molecular complexity index is 837. The minimum absolute atomic E-state index is 0.227. The summed E-state index contributed by atoms with van der Waals surface area (Å²) >= 11 is 0. The molecule has 2 aliphatic heterocycles. The Morgan fingerprint density at radius 3 is 2.70 bits per heavy atom. The summed E-state index contributed by atoms with van der Waals surface area (Å²) in [6, 6.07) is 12.9. The van der Waals surface area contributed by atoms with Crippen molar-refractivity contribution >= 4 is 17.4 Å². The summed E-state index contributed by atoms with van der Waals surface area (Å²) in [6.07, 6.45) is 3.99. The van der Waals surface area contributed by atoms with E-state index in [0.717, 1.165) is 57.9 Å². The van der Waals surface area contributed by atoms with E-state index < -0.39 is 0 Å². The van der Waals surface area contributed by atoms with E-state index in [0.29, 0.717) is 12.6 Å². The topological polar surface area (TPSA) is 55.8 Å². The molecule has 4 rings (SSSR count). The second-order valence-corrected chi connectivity index (χ2v) is 8.47. The number of aromatic nitrogens is 2. The molecule has 0 saturated carbocycles. The van der Waals surface area contributed by atoms with Gasteiger partial charge in [0.2, 0.25) is 5.91 Å². The normalized spacial score (nSPS) is 19.6. The number of nitrogens with zero attached hydrogens (tertiary/aromatic N) is 6. The lowest BCUT2D eigenvalue weighted by atomic mass is 10.2. The largest absolute Gasteiger partial charge is 0.368 e. The van der Waals surface area contributed by atoms with Gasteiger partial charge in [-0.2, -0.15) is 5.10 Å². The number of likely N-dealkylation sites (N-methyl/N-ethyl adjacent to an activating group) is 1.